The molecule has 0 aromatic carbocycles. The highest BCUT2D eigenvalue weighted by Crippen LogP contribution is 2.25. The van der Waals surface area contributed by atoms with E-state index in [0.29, 0.717) is 0 Å². The van der Waals surface area contributed by atoms with Crippen LogP contribution in [0.1, 0.15) is 12.5 Å². The van der Waals surface area contributed by atoms with E-state index in [4.69, 9.17) is 5.26 Å². The highest BCUT2D eigenvalue weighted by atomic mass is 79.9. The molecule has 1 aliphatic rings. The van der Waals surface area contributed by atoms with Crippen LogP contribution in [0.5, 0.6) is 0 Å². The second-order valence-corrected chi connectivity index (χ2v) is 5.50. The van der Waals surface area contributed by atoms with Crippen molar-refractivity contribution in [3.8, 4) is 6.07 Å². The zero-order chi connectivity index (χ0) is 13.1. The Hall–Kier alpha value is -1.12. The molecule has 0 amide bonds. The summed E-state index contributed by atoms with van der Waals surface area (Å²) in [5.41, 5.74) is 1.15. The maximum Gasteiger partial charge on any atom is 0.142 e. The van der Waals surface area contributed by atoms with Crippen molar-refractivity contribution < 1.29 is 0 Å². The Morgan fingerprint density at radius 2 is 2.06 bits per heavy atom. The number of aromatic nitrogens is 1. The minimum absolute atomic E-state index is 0.00145. The molecule has 0 N–H and O–H groups in total. The van der Waals surface area contributed by atoms with Gasteiger partial charge in [0.05, 0.1) is 16.6 Å². The van der Waals surface area contributed by atoms with Gasteiger partial charge in [-0.25, -0.2) is 4.98 Å². The van der Waals surface area contributed by atoms with Crippen LogP contribution in [-0.4, -0.2) is 42.1 Å². The number of aryl methyl sites for hydroxylation is 1. The van der Waals surface area contributed by atoms with Crippen LogP contribution in [0.15, 0.2) is 16.7 Å². The number of anilines is 1. The second-order valence-electron chi connectivity index (χ2n) is 4.65. The lowest BCUT2D eigenvalue weighted by molar-refractivity contribution is 0.231. The normalized spacial score (nSPS) is 18.4. The number of pyridine rings is 1. The van der Waals surface area contributed by atoms with Gasteiger partial charge in [0.1, 0.15) is 5.82 Å². The molecule has 18 heavy (non-hydrogen) atoms. The predicted molar refractivity (Wildman–Crippen MR) is 75.5 cm³/mol. The third kappa shape index (κ3) is 2.82. The van der Waals surface area contributed by atoms with E-state index in [1.165, 1.54) is 0 Å². The molecular formula is C13H17BrN4. The molecule has 0 saturated carbocycles. The Labute approximate surface area is 116 Å². The van der Waals surface area contributed by atoms with E-state index in [9.17, 15) is 0 Å². The lowest BCUT2D eigenvalue weighted by atomic mass is 10.2. The van der Waals surface area contributed by atoms with Gasteiger partial charge < -0.3 is 4.90 Å². The van der Waals surface area contributed by atoms with Crippen LogP contribution < -0.4 is 4.90 Å². The first-order valence-electron chi connectivity index (χ1n) is 6.12. The molecule has 1 atom stereocenters. The predicted octanol–water partition coefficient (Wildman–Crippen LogP) is 2.19. The number of halogens is 1. The molecule has 2 heterocycles. The summed E-state index contributed by atoms with van der Waals surface area (Å²) >= 11 is 3.57. The molecule has 2 rings (SSSR count). The van der Waals surface area contributed by atoms with Crippen molar-refractivity contribution in [2.45, 2.75) is 19.9 Å². The number of nitriles is 1. The van der Waals surface area contributed by atoms with Gasteiger partial charge >= 0.3 is 0 Å². The summed E-state index contributed by atoms with van der Waals surface area (Å²) in [5, 5.41) is 8.92. The van der Waals surface area contributed by atoms with Crippen molar-refractivity contribution in [3.05, 3.63) is 22.3 Å². The van der Waals surface area contributed by atoms with Crippen molar-refractivity contribution in [1.82, 2.24) is 9.88 Å². The van der Waals surface area contributed by atoms with E-state index in [0.717, 1.165) is 42.0 Å². The Morgan fingerprint density at radius 1 is 1.39 bits per heavy atom. The van der Waals surface area contributed by atoms with Crippen molar-refractivity contribution >= 4 is 21.7 Å². The van der Waals surface area contributed by atoms with Crippen LogP contribution in [-0.2, 0) is 0 Å². The molecule has 96 valence electrons. The van der Waals surface area contributed by atoms with Gasteiger partial charge in [-0.2, -0.15) is 5.26 Å². The molecule has 0 spiro atoms. The summed E-state index contributed by atoms with van der Waals surface area (Å²) in [6.07, 6.45) is 1.89. The SMILES string of the molecule is Cc1cnc(N2CCN(C(C)C#N)CC2)c(Br)c1. The fraction of sp³-hybridized carbons (Fsp3) is 0.538. The lowest BCUT2D eigenvalue weighted by Gasteiger charge is -2.36. The maximum atomic E-state index is 8.92. The number of hydrogen-bond donors (Lipinski definition) is 0. The first-order chi connectivity index (χ1) is 8.61. The zero-order valence-corrected chi connectivity index (χ0v) is 12.3. The molecule has 5 heteroatoms. The standard InChI is InChI=1S/C13H17BrN4/c1-10-7-12(14)13(16-9-10)18-5-3-17(4-6-18)11(2)8-15/h7,9,11H,3-6H2,1-2H3. The number of rotatable bonds is 2. The van der Waals surface area contributed by atoms with Crippen molar-refractivity contribution in [3.63, 3.8) is 0 Å². The number of piperazine rings is 1. The third-order valence-corrected chi connectivity index (χ3v) is 3.89. The minimum atomic E-state index is 0.00145. The summed E-state index contributed by atoms with van der Waals surface area (Å²) in [7, 11) is 0. The first kappa shape index (κ1) is 13.3. The molecule has 1 aliphatic heterocycles. The van der Waals surface area contributed by atoms with Crippen molar-refractivity contribution in [2.75, 3.05) is 31.1 Å². The molecule has 4 nitrogen and oxygen atoms in total. The average molecular weight is 309 g/mol. The molecule has 0 bridgehead atoms. The molecular weight excluding hydrogens is 292 g/mol. The summed E-state index contributed by atoms with van der Waals surface area (Å²) < 4.78 is 1.05. The smallest absolute Gasteiger partial charge is 0.142 e. The fourth-order valence-electron chi connectivity index (χ4n) is 2.16. The molecule has 0 radical (unpaired) electrons. The first-order valence-corrected chi connectivity index (χ1v) is 6.92. The van der Waals surface area contributed by atoms with Crippen LogP contribution in [0.25, 0.3) is 0 Å². The van der Waals surface area contributed by atoms with Gasteiger partial charge in [0.2, 0.25) is 0 Å². The van der Waals surface area contributed by atoms with Crippen LogP contribution in [0.3, 0.4) is 0 Å². The minimum Gasteiger partial charge on any atom is -0.353 e. The summed E-state index contributed by atoms with van der Waals surface area (Å²) in [6.45, 7) is 7.65. The van der Waals surface area contributed by atoms with Crippen LogP contribution >= 0.6 is 15.9 Å². The Kier molecular flexibility index (Phi) is 4.20. The lowest BCUT2D eigenvalue weighted by Crippen LogP contribution is -2.49. The second kappa shape index (κ2) is 5.68. The molecule has 1 saturated heterocycles. The maximum absolute atomic E-state index is 8.92. The largest absolute Gasteiger partial charge is 0.353 e. The summed E-state index contributed by atoms with van der Waals surface area (Å²) in [4.78, 5) is 8.96. The fourth-order valence-corrected chi connectivity index (χ4v) is 2.88. The average Bonchev–Trinajstić information content (AvgIpc) is 2.38. The van der Waals surface area contributed by atoms with E-state index in [2.05, 4.69) is 42.8 Å². The molecule has 0 aliphatic carbocycles. The van der Waals surface area contributed by atoms with Gasteiger partial charge in [-0.15, -0.1) is 0 Å². The Morgan fingerprint density at radius 3 is 2.61 bits per heavy atom. The summed E-state index contributed by atoms with van der Waals surface area (Å²) in [6, 6.07) is 4.38. The molecule has 1 aromatic rings. The molecule has 1 fully saturated rings. The molecule has 1 aromatic heterocycles. The van der Waals surface area contributed by atoms with Gasteiger partial charge in [-0.3, -0.25) is 4.90 Å². The van der Waals surface area contributed by atoms with Crippen LogP contribution in [0.2, 0.25) is 0 Å². The van der Waals surface area contributed by atoms with Gasteiger partial charge in [-0.05, 0) is 41.4 Å². The van der Waals surface area contributed by atoms with E-state index in [-0.39, 0.29) is 6.04 Å². The van der Waals surface area contributed by atoms with E-state index < -0.39 is 0 Å². The zero-order valence-electron chi connectivity index (χ0n) is 10.7. The third-order valence-electron chi connectivity index (χ3n) is 3.31. The van der Waals surface area contributed by atoms with E-state index in [1.54, 1.807) is 0 Å². The summed E-state index contributed by atoms with van der Waals surface area (Å²) in [5.74, 6) is 1.00. The quantitative estimate of drug-likeness (QED) is 0.840. The monoisotopic (exact) mass is 308 g/mol. The Bertz CT molecular complexity index is 461. The van der Waals surface area contributed by atoms with Crippen molar-refractivity contribution in [1.29, 1.82) is 5.26 Å². The molecule has 1 unspecified atom stereocenters. The van der Waals surface area contributed by atoms with Gasteiger partial charge in [0, 0.05) is 32.4 Å². The number of hydrogen-bond acceptors (Lipinski definition) is 4. The van der Waals surface area contributed by atoms with E-state index >= 15 is 0 Å². The highest BCUT2D eigenvalue weighted by Gasteiger charge is 2.22. The number of nitrogens with zero attached hydrogens (tertiary/aromatic N) is 4. The van der Waals surface area contributed by atoms with Gasteiger partial charge in [-0.1, -0.05) is 0 Å². The van der Waals surface area contributed by atoms with Crippen molar-refractivity contribution in [2.24, 2.45) is 0 Å². The topological polar surface area (TPSA) is 43.2 Å². The van der Waals surface area contributed by atoms with Gasteiger partial charge in [0.15, 0.2) is 0 Å². The Balaban J connectivity index is 2.04. The van der Waals surface area contributed by atoms with Crippen LogP contribution in [0, 0.1) is 18.3 Å². The highest BCUT2D eigenvalue weighted by molar-refractivity contribution is 9.10. The van der Waals surface area contributed by atoms with Crippen LogP contribution in [0.4, 0.5) is 5.82 Å². The van der Waals surface area contributed by atoms with E-state index in [1.807, 2.05) is 20.0 Å². The van der Waals surface area contributed by atoms with Gasteiger partial charge in [0.25, 0.3) is 0 Å².